The molecule has 1 aromatic carbocycles. The molecule has 0 aliphatic carbocycles. The predicted molar refractivity (Wildman–Crippen MR) is 59.5 cm³/mol. The minimum absolute atomic E-state index is 0.346. The molecule has 0 radical (unpaired) electrons. The van der Waals surface area contributed by atoms with Crippen molar-refractivity contribution >= 4 is 23.5 Å². The van der Waals surface area contributed by atoms with Gasteiger partial charge in [-0.3, -0.25) is 10.7 Å². The minimum Gasteiger partial charge on any atom is -0.313 e. The Hall–Kier alpha value is -1.32. The highest BCUT2D eigenvalue weighted by molar-refractivity contribution is 6.30. The number of hydrogen-bond acceptors (Lipinski definition) is 3. The van der Waals surface area contributed by atoms with Gasteiger partial charge >= 0.3 is 0 Å². The third-order valence-electron chi connectivity index (χ3n) is 1.98. The Bertz CT molecular complexity index is 369. The fourth-order valence-corrected chi connectivity index (χ4v) is 1.41. The third-order valence-corrected chi connectivity index (χ3v) is 2.23. The summed E-state index contributed by atoms with van der Waals surface area (Å²) in [6, 6.07) is 7.48. The summed E-state index contributed by atoms with van der Waals surface area (Å²) in [5, 5.41) is 0.715. The van der Waals surface area contributed by atoms with Crippen molar-refractivity contribution in [1.29, 1.82) is 0 Å². The van der Waals surface area contributed by atoms with Gasteiger partial charge in [0.1, 0.15) is 0 Å². The van der Waals surface area contributed by atoms with Crippen LogP contribution in [0.15, 0.2) is 41.5 Å². The highest BCUT2D eigenvalue weighted by Crippen LogP contribution is 2.20. The summed E-state index contributed by atoms with van der Waals surface area (Å²) in [5.41, 5.74) is 6.77. The SMILES string of the molecule is NC1N=CC=CN1c1ccc(Cl)cc1. The normalized spacial score (nSPS) is 20.1. The van der Waals surface area contributed by atoms with Crippen LogP contribution in [0.2, 0.25) is 5.02 Å². The number of aliphatic imine (C=N–C) groups is 1. The van der Waals surface area contributed by atoms with Crippen molar-refractivity contribution in [3.05, 3.63) is 41.6 Å². The summed E-state index contributed by atoms with van der Waals surface area (Å²) in [6.07, 6.45) is 5.08. The molecule has 0 amide bonds. The van der Waals surface area contributed by atoms with Crippen LogP contribution in [0.3, 0.4) is 0 Å². The van der Waals surface area contributed by atoms with E-state index >= 15 is 0 Å². The second kappa shape index (κ2) is 3.82. The first-order chi connectivity index (χ1) is 6.77. The molecule has 1 aliphatic heterocycles. The predicted octanol–water partition coefficient (Wildman–Crippen LogP) is 1.99. The fourth-order valence-electron chi connectivity index (χ4n) is 1.28. The van der Waals surface area contributed by atoms with Gasteiger partial charge in [0.25, 0.3) is 0 Å². The molecule has 2 N–H and O–H groups in total. The van der Waals surface area contributed by atoms with E-state index < -0.39 is 0 Å². The Morgan fingerprint density at radius 2 is 2.00 bits per heavy atom. The van der Waals surface area contributed by atoms with Crippen LogP contribution < -0.4 is 10.6 Å². The topological polar surface area (TPSA) is 41.6 Å². The summed E-state index contributed by atoms with van der Waals surface area (Å²) >= 11 is 5.79. The smallest absolute Gasteiger partial charge is 0.177 e. The van der Waals surface area contributed by atoms with E-state index in [0.717, 1.165) is 5.69 Å². The molecule has 4 heteroatoms. The molecule has 0 aromatic heterocycles. The maximum atomic E-state index is 5.79. The fraction of sp³-hybridized carbons (Fsp3) is 0.100. The Kier molecular flexibility index (Phi) is 2.52. The van der Waals surface area contributed by atoms with Crippen LogP contribution in [0, 0.1) is 0 Å². The molecule has 72 valence electrons. The van der Waals surface area contributed by atoms with Crippen molar-refractivity contribution in [1.82, 2.24) is 0 Å². The van der Waals surface area contributed by atoms with Crippen molar-refractivity contribution in [2.45, 2.75) is 6.29 Å². The zero-order valence-electron chi connectivity index (χ0n) is 7.47. The molecule has 1 atom stereocenters. The molecule has 14 heavy (non-hydrogen) atoms. The lowest BCUT2D eigenvalue weighted by atomic mass is 10.3. The van der Waals surface area contributed by atoms with Gasteiger partial charge in [0.15, 0.2) is 6.29 Å². The first-order valence-corrected chi connectivity index (χ1v) is 4.64. The van der Waals surface area contributed by atoms with Crippen LogP contribution in [0.5, 0.6) is 0 Å². The Labute approximate surface area is 87.5 Å². The van der Waals surface area contributed by atoms with Crippen molar-refractivity contribution < 1.29 is 0 Å². The number of benzene rings is 1. The molecule has 0 fully saturated rings. The van der Waals surface area contributed by atoms with Gasteiger partial charge in [-0.2, -0.15) is 0 Å². The first-order valence-electron chi connectivity index (χ1n) is 4.27. The van der Waals surface area contributed by atoms with E-state index in [1.165, 1.54) is 0 Å². The number of anilines is 1. The van der Waals surface area contributed by atoms with Gasteiger partial charge in [-0.25, -0.2) is 0 Å². The monoisotopic (exact) mass is 207 g/mol. The molecule has 0 saturated heterocycles. The summed E-state index contributed by atoms with van der Waals surface area (Å²) in [4.78, 5) is 5.94. The molecule has 0 bridgehead atoms. The van der Waals surface area contributed by atoms with Crippen LogP contribution >= 0.6 is 11.6 Å². The second-order valence-corrected chi connectivity index (χ2v) is 3.37. The van der Waals surface area contributed by atoms with E-state index in [1.54, 1.807) is 6.21 Å². The van der Waals surface area contributed by atoms with Gasteiger partial charge < -0.3 is 4.90 Å². The van der Waals surface area contributed by atoms with Crippen molar-refractivity contribution in [3.8, 4) is 0 Å². The van der Waals surface area contributed by atoms with Crippen molar-refractivity contribution in [2.24, 2.45) is 10.7 Å². The summed E-state index contributed by atoms with van der Waals surface area (Å²) < 4.78 is 0. The van der Waals surface area contributed by atoms with Crippen molar-refractivity contribution in [3.63, 3.8) is 0 Å². The van der Waals surface area contributed by atoms with Crippen LogP contribution in [0.4, 0.5) is 5.69 Å². The van der Waals surface area contributed by atoms with E-state index in [2.05, 4.69) is 4.99 Å². The van der Waals surface area contributed by atoms with Gasteiger partial charge in [0, 0.05) is 23.1 Å². The van der Waals surface area contributed by atoms with E-state index in [1.807, 2.05) is 41.4 Å². The lowest BCUT2D eigenvalue weighted by Gasteiger charge is -2.26. The van der Waals surface area contributed by atoms with E-state index in [-0.39, 0.29) is 6.29 Å². The summed E-state index contributed by atoms with van der Waals surface area (Å²) in [5.74, 6) is 0. The molecule has 3 nitrogen and oxygen atoms in total. The largest absolute Gasteiger partial charge is 0.313 e. The Morgan fingerprint density at radius 3 is 2.64 bits per heavy atom. The van der Waals surface area contributed by atoms with E-state index in [9.17, 15) is 0 Å². The second-order valence-electron chi connectivity index (χ2n) is 2.94. The maximum Gasteiger partial charge on any atom is 0.177 e. The van der Waals surface area contributed by atoms with Crippen molar-refractivity contribution in [2.75, 3.05) is 4.90 Å². The molecule has 1 aromatic rings. The van der Waals surface area contributed by atoms with Gasteiger partial charge in [-0.1, -0.05) is 11.6 Å². The quantitative estimate of drug-likeness (QED) is 0.765. The number of hydrogen-bond donors (Lipinski definition) is 1. The minimum atomic E-state index is -0.346. The average molecular weight is 208 g/mol. The highest BCUT2D eigenvalue weighted by atomic mass is 35.5. The molecular formula is C10H10ClN3. The van der Waals surface area contributed by atoms with Gasteiger partial charge in [-0.05, 0) is 30.3 Å². The highest BCUT2D eigenvalue weighted by Gasteiger charge is 2.11. The van der Waals surface area contributed by atoms with Crippen LogP contribution in [-0.4, -0.2) is 12.5 Å². The number of halogens is 1. The molecular weight excluding hydrogens is 198 g/mol. The summed E-state index contributed by atoms with van der Waals surface area (Å²) in [6.45, 7) is 0. The van der Waals surface area contributed by atoms with Gasteiger partial charge in [0.2, 0.25) is 0 Å². The zero-order chi connectivity index (χ0) is 9.97. The number of allylic oxidation sites excluding steroid dienone is 1. The molecule has 0 saturated carbocycles. The Morgan fingerprint density at radius 1 is 1.29 bits per heavy atom. The van der Waals surface area contributed by atoms with Crippen LogP contribution in [-0.2, 0) is 0 Å². The number of nitrogens with zero attached hydrogens (tertiary/aromatic N) is 2. The molecule has 1 unspecified atom stereocenters. The van der Waals surface area contributed by atoms with Crippen LogP contribution in [0.1, 0.15) is 0 Å². The molecule has 0 spiro atoms. The first kappa shape index (κ1) is 9.24. The summed E-state index contributed by atoms with van der Waals surface area (Å²) in [7, 11) is 0. The van der Waals surface area contributed by atoms with Crippen LogP contribution in [0.25, 0.3) is 0 Å². The average Bonchev–Trinajstić information content (AvgIpc) is 2.20. The maximum absolute atomic E-state index is 5.79. The third kappa shape index (κ3) is 1.78. The Balaban J connectivity index is 2.27. The van der Waals surface area contributed by atoms with E-state index in [0.29, 0.717) is 5.02 Å². The zero-order valence-corrected chi connectivity index (χ0v) is 8.22. The number of nitrogens with two attached hydrogens (primary N) is 1. The van der Waals surface area contributed by atoms with E-state index in [4.69, 9.17) is 17.3 Å². The standard InChI is InChI=1S/C10H10ClN3/c11-8-2-4-9(5-3-8)14-7-1-6-13-10(14)12/h1-7,10H,12H2. The van der Waals surface area contributed by atoms with Gasteiger partial charge in [0.05, 0.1) is 0 Å². The molecule has 1 heterocycles. The lowest BCUT2D eigenvalue weighted by molar-refractivity contribution is 0.711. The molecule has 2 rings (SSSR count). The van der Waals surface area contributed by atoms with Gasteiger partial charge in [-0.15, -0.1) is 0 Å². The lowest BCUT2D eigenvalue weighted by Crippen LogP contribution is -2.38. The molecule has 1 aliphatic rings. The number of rotatable bonds is 1.